The maximum absolute atomic E-state index is 12.5. The van der Waals surface area contributed by atoms with Crippen molar-refractivity contribution in [3.8, 4) is 0 Å². The predicted octanol–water partition coefficient (Wildman–Crippen LogP) is 3.78. The molecule has 0 bridgehead atoms. The standard InChI is InChI=1S/C13H20Cl2N2O2S2/c1-4-13(5-2,20-3)8-17-21(18,19)12-10(15)6-9(14)7-11(12)16/h6-7,17H,4-5,8,16H2,1-3H3. The Morgan fingerprint density at radius 3 is 2.29 bits per heavy atom. The van der Waals surface area contributed by atoms with Gasteiger partial charge in [0.1, 0.15) is 4.90 Å². The number of thioether (sulfide) groups is 1. The van der Waals surface area contributed by atoms with Gasteiger partial charge in [0.2, 0.25) is 10.0 Å². The normalized spacial score (nSPS) is 12.6. The van der Waals surface area contributed by atoms with Crippen molar-refractivity contribution in [3.63, 3.8) is 0 Å². The number of nitrogen functional groups attached to an aromatic ring is 1. The van der Waals surface area contributed by atoms with Crippen LogP contribution in [0.5, 0.6) is 0 Å². The molecular formula is C13H20Cl2N2O2S2. The van der Waals surface area contributed by atoms with Crippen molar-refractivity contribution in [2.75, 3.05) is 18.5 Å². The van der Waals surface area contributed by atoms with Gasteiger partial charge in [-0.3, -0.25) is 0 Å². The average molecular weight is 371 g/mol. The van der Waals surface area contributed by atoms with Gasteiger partial charge in [0.15, 0.2) is 0 Å². The first-order valence-corrected chi connectivity index (χ1v) is 9.97. The summed E-state index contributed by atoms with van der Waals surface area (Å²) in [6.45, 7) is 4.40. The third-order valence-corrected chi connectivity index (χ3v) is 7.35. The molecule has 4 nitrogen and oxygen atoms in total. The van der Waals surface area contributed by atoms with E-state index in [1.54, 1.807) is 11.8 Å². The number of anilines is 1. The zero-order valence-electron chi connectivity index (χ0n) is 12.2. The molecule has 1 rings (SSSR count). The summed E-state index contributed by atoms with van der Waals surface area (Å²) in [7, 11) is -3.78. The molecule has 8 heteroatoms. The van der Waals surface area contributed by atoms with Crippen LogP contribution in [0.15, 0.2) is 17.0 Å². The molecule has 21 heavy (non-hydrogen) atoms. The fourth-order valence-corrected chi connectivity index (χ4v) is 5.02. The molecule has 0 spiro atoms. The smallest absolute Gasteiger partial charge is 0.244 e. The zero-order valence-corrected chi connectivity index (χ0v) is 15.4. The van der Waals surface area contributed by atoms with Crippen molar-refractivity contribution in [3.05, 3.63) is 22.2 Å². The molecule has 0 aromatic heterocycles. The van der Waals surface area contributed by atoms with Crippen LogP contribution in [0, 0.1) is 0 Å². The van der Waals surface area contributed by atoms with E-state index in [0.29, 0.717) is 11.6 Å². The van der Waals surface area contributed by atoms with Gasteiger partial charge in [-0.1, -0.05) is 37.0 Å². The number of halogens is 2. The monoisotopic (exact) mass is 370 g/mol. The fraction of sp³-hybridized carbons (Fsp3) is 0.538. The van der Waals surface area contributed by atoms with Gasteiger partial charge in [0.25, 0.3) is 0 Å². The van der Waals surface area contributed by atoms with Crippen molar-refractivity contribution in [2.24, 2.45) is 0 Å². The Hall–Kier alpha value is -0.140. The molecule has 0 fully saturated rings. The molecule has 3 N–H and O–H groups in total. The minimum absolute atomic E-state index is 0.0234. The van der Waals surface area contributed by atoms with E-state index in [2.05, 4.69) is 4.72 Å². The van der Waals surface area contributed by atoms with Crippen LogP contribution in [-0.2, 0) is 10.0 Å². The van der Waals surface area contributed by atoms with Crippen LogP contribution in [0.4, 0.5) is 5.69 Å². The lowest BCUT2D eigenvalue weighted by molar-refractivity contribution is 0.522. The second-order valence-corrected chi connectivity index (χ2v) is 8.55. The van der Waals surface area contributed by atoms with Gasteiger partial charge >= 0.3 is 0 Å². The number of hydrogen-bond acceptors (Lipinski definition) is 4. The summed E-state index contributed by atoms with van der Waals surface area (Å²) >= 11 is 13.4. The maximum atomic E-state index is 12.5. The SMILES string of the molecule is CCC(CC)(CNS(=O)(=O)c1c(N)cc(Cl)cc1Cl)SC. The Labute approximate surface area is 140 Å². The van der Waals surface area contributed by atoms with Crippen molar-refractivity contribution in [1.82, 2.24) is 4.72 Å². The van der Waals surface area contributed by atoms with Crippen LogP contribution < -0.4 is 10.5 Å². The lowest BCUT2D eigenvalue weighted by Crippen LogP contribution is -2.39. The van der Waals surface area contributed by atoms with Gasteiger partial charge in [0, 0.05) is 16.3 Å². The summed E-state index contributed by atoms with van der Waals surface area (Å²) in [6.07, 6.45) is 3.69. The van der Waals surface area contributed by atoms with Gasteiger partial charge in [-0.15, -0.1) is 0 Å². The van der Waals surface area contributed by atoms with Crippen molar-refractivity contribution >= 4 is 50.7 Å². The molecule has 0 saturated heterocycles. The molecular weight excluding hydrogens is 351 g/mol. The van der Waals surface area contributed by atoms with E-state index in [0.717, 1.165) is 12.8 Å². The highest BCUT2D eigenvalue weighted by molar-refractivity contribution is 8.00. The summed E-state index contributed by atoms with van der Waals surface area (Å²) in [5.41, 5.74) is 5.80. The maximum Gasteiger partial charge on any atom is 0.244 e. The molecule has 1 aromatic carbocycles. The summed E-state index contributed by atoms with van der Waals surface area (Å²) in [4.78, 5) is -0.115. The van der Waals surface area contributed by atoms with Crippen LogP contribution in [0.3, 0.4) is 0 Å². The molecule has 0 saturated carbocycles. The third kappa shape index (κ3) is 4.42. The van der Waals surface area contributed by atoms with E-state index in [9.17, 15) is 8.42 Å². The highest BCUT2D eigenvalue weighted by Crippen LogP contribution is 2.33. The number of rotatable bonds is 7. The number of sulfonamides is 1. The number of nitrogens with one attached hydrogen (secondary N) is 1. The molecule has 0 aliphatic carbocycles. The highest BCUT2D eigenvalue weighted by Gasteiger charge is 2.29. The Balaban J connectivity index is 3.09. The Kier molecular flexibility index (Phi) is 6.68. The number of hydrogen-bond donors (Lipinski definition) is 2. The summed E-state index contributed by atoms with van der Waals surface area (Å²) < 4.78 is 27.4. The first kappa shape index (κ1) is 18.9. The van der Waals surface area contributed by atoms with E-state index in [1.807, 2.05) is 20.1 Å². The van der Waals surface area contributed by atoms with Crippen molar-refractivity contribution in [2.45, 2.75) is 36.3 Å². The topological polar surface area (TPSA) is 72.2 Å². The third-order valence-electron chi connectivity index (χ3n) is 3.61. The molecule has 0 amide bonds. The Morgan fingerprint density at radius 1 is 1.29 bits per heavy atom. The fourth-order valence-electron chi connectivity index (χ4n) is 2.02. The van der Waals surface area contributed by atoms with Crippen LogP contribution >= 0.6 is 35.0 Å². The average Bonchev–Trinajstić information content (AvgIpc) is 2.39. The molecule has 1 aromatic rings. The first-order valence-electron chi connectivity index (χ1n) is 6.50. The first-order chi connectivity index (χ1) is 9.71. The van der Waals surface area contributed by atoms with E-state index in [1.165, 1.54) is 12.1 Å². The largest absolute Gasteiger partial charge is 0.398 e. The Bertz CT molecular complexity index is 571. The van der Waals surface area contributed by atoms with E-state index < -0.39 is 10.0 Å². The molecule has 0 heterocycles. The lowest BCUT2D eigenvalue weighted by Gasteiger charge is -2.29. The molecule has 120 valence electrons. The quantitative estimate of drug-likeness (QED) is 0.716. The summed E-state index contributed by atoms with van der Waals surface area (Å²) in [5, 5.41) is 0.326. The van der Waals surface area contributed by atoms with E-state index >= 15 is 0 Å². The van der Waals surface area contributed by atoms with Gasteiger partial charge < -0.3 is 5.73 Å². The number of nitrogens with two attached hydrogens (primary N) is 1. The van der Waals surface area contributed by atoms with Crippen LogP contribution in [0.1, 0.15) is 26.7 Å². The predicted molar refractivity (Wildman–Crippen MR) is 92.9 cm³/mol. The van der Waals surface area contributed by atoms with Crippen LogP contribution in [0.2, 0.25) is 10.0 Å². The second-order valence-electron chi connectivity index (χ2n) is 4.72. The highest BCUT2D eigenvalue weighted by atomic mass is 35.5. The molecule has 0 atom stereocenters. The minimum atomic E-state index is -3.78. The second kappa shape index (κ2) is 7.42. The van der Waals surface area contributed by atoms with Gasteiger partial charge in [0.05, 0.1) is 10.7 Å². The van der Waals surface area contributed by atoms with Gasteiger partial charge in [-0.05, 0) is 31.2 Å². The number of benzene rings is 1. The van der Waals surface area contributed by atoms with Crippen LogP contribution in [0.25, 0.3) is 0 Å². The van der Waals surface area contributed by atoms with E-state index in [-0.39, 0.29) is 20.4 Å². The van der Waals surface area contributed by atoms with Gasteiger partial charge in [-0.2, -0.15) is 11.8 Å². The van der Waals surface area contributed by atoms with Gasteiger partial charge in [-0.25, -0.2) is 13.1 Å². The summed E-state index contributed by atoms with van der Waals surface area (Å²) in [5.74, 6) is 0. The van der Waals surface area contributed by atoms with Crippen molar-refractivity contribution in [1.29, 1.82) is 0 Å². The van der Waals surface area contributed by atoms with Crippen molar-refractivity contribution < 1.29 is 8.42 Å². The van der Waals surface area contributed by atoms with Crippen LogP contribution in [-0.4, -0.2) is 26.0 Å². The molecule has 0 aliphatic heterocycles. The zero-order chi connectivity index (χ0) is 16.3. The van der Waals surface area contributed by atoms with E-state index in [4.69, 9.17) is 28.9 Å². The molecule has 0 aliphatic rings. The molecule has 0 unspecified atom stereocenters. The molecule has 0 radical (unpaired) electrons. The Morgan fingerprint density at radius 2 is 1.86 bits per heavy atom. The minimum Gasteiger partial charge on any atom is -0.398 e. The lowest BCUT2D eigenvalue weighted by atomic mass is 10.0. The summed E-state index contributed by atoms with van der Waals surface area (Å²) in [6, 6.07) is 2.75.